The van der Waals surface area contributed by atoms with Crippen LogP contribution in [0.1, 0.15) is 5.56 Å². The molecule has 1 aromatic carbocycles. The zero-order valence-corrected chi connectivity index (χ0v) is 9.18. The van der Waals surface area contributed by atoms with Crippen molar-refractivity contribution in [2.24, 2.45) is 5.73 Å². The molecule has 2 aromatic rings. The van der Waals surface area contributed by atoms with Crippen molar-refractivity contribution in [3.05, 3.63) is 36.0 Å². The Bertz CT molecular complexity index is 534. The molecule has 0 unspecified atom stereocenters. The van der Waals surface area contributed by atoms with Crippen molar-refractivity contribution in [1.29, 1.82) is 0 Å². The Morgan fingerprint density at radius 2 is 2.12 bits per heavy atom. The standard InChI is InChI=1S/C11H10F2N2S/c12-10(13)6-15-4-3-7-1-2-8(11(14)16)5-9(7)15/h1-5,10H,6H2,(H2,14,16). The molecule has 0 saturated carbocycles. The van der Waals surface area contributed by atoms with Crippen LogP contribution in [0.3, 0.4) is 0 Å². The summed E-state index contributed by atoms with van der Waals surface area (Å²) in [6, 6.07) is 7.14. The van der Waals surface area contributed by atoms with Gasteiger partial charge in [0.25, 0.3) is 6.43 Å². The molecule has 0 fully saturated rings. The first-order valence-electron chi connectivity index (χ1n) is 4.75. The highest BCUT2D eigenvalue weighted by molar-refractivity contribution is 7.80. The summed E-state index contributed by atoms with van der Waals surface area (Å²) >= 11 is 4.85. The minimum absolute atomic E-state index is 0.270. The van der Waals surface area contributed by atoms with Crippen LogP contribution in [-0.4, -0.2) is 16.0 Å². The highest BCUT2D eigenvalue weighted by atomic mass is 32.1. The molecule has 0 radical (unpaired) electrons. The summed E-state index contributed by atoms with van der Waals surface area (Å²) < 4.78 is 26.1. The maximum atomic E-state index is 12.3. The van der Waals surface area contributed by atoms with Gasteiger partial charge in [-0.3, -0.25) is 0 Å². The SMILES string of the molecule is NC(=S)c1ccc2ccn(CC(F)F)c2c1. The molecule has 5 heteroatoms. The zero-order chi connectivity index (χ0) is 11.7. The van der Waals surface area contributed by atoms with Crippen LogP contribution in [0.25, 0.3) is 10.9 Å². The van der Waals surface area contributed by atoms with E-state index in [4.69, 9.17) is 18.0 Å². The Balaban J connectivity index is 2.51. The molecule has 0 atom stereocenters. The van der Waals surface area contributed by atoms with Gasteiger partial charge in [0.15, 0.2) is 0 Å². The highest BCUT2D eigenvalue weighted by Crippen LogP contribution is 2.18. The monoisotopic (exact) mass is 240 g/mol. The Hall–Kier alpha value is -1.49. The molecule has 84 valence electrons. The topological polar surface area (TPSA) is 30.9 Å². The highest BCUT2D eigenvalue weighted by Gasteiger charge is 2.08. The number of thiocarbonyl (C=S) groups is 1. The van der Waals surface area contributed by atoms with Crippen LogP contribution in [-0.2, 0) is 6.54 Å². The molecule has 2 N–H and O–H groups in total. The second-order valence-corrected chi connectivity index (χ2v) is 3.94. The molecule has 0 spiro atoms. The average molecular weight is 240 g/mol. The van der Waals surface area contributed by atoms with E-state index in [1.807, 2.05) is 6.07 Å². The lowest BCUT2D eigenvalue weighted by atomic mass is 10.1. The van der Waals surface area contributed by atoms with Gasteiger partial charge in [-0.1, -0.05) is 24.4 Å². The molecule has 0 aliphatic rings. The number of alkyl halides is 2. The summed E-state index contributed by atoms with van der Waals surface area (Å²) in [6.45, 7) is -0.315. The summed E-state index contributed by atoms with van der Waals surface area (Å²) in [5.74, 6) is 0. The Morgan fingerprint density at radius 3 is 2.75 bits per heavy atom. The summed E-state index contributed by atoms with van der Waals surface area (Å²) in [6.07, 6.45) is -0.732. The molecule has 0 aliphatic carbocycles. The lowest BCUT2D eigenvalue weighted by Gasteiger charge is -2.05. The molecule has 1 heterocycles. The van der Waals surface area contributed by atoms with E-state index in [0.717, 1.165) is 10.9 Å². The molecule has 0 bridgehead atoms. The molecule has 16 heavy (non-hydrogen) atoms. The minimum atomic E-state index is -2.37. The third kappa shape index (κ3) is 2.04. The average Bonchev–Trinajstić information content (AvgIpc) is 2.60. The summed E-state index contributed by atoms with van der Waals surface area (Å²) in [4.78, 5) is 0.270. The van der Waals surface area contributed by atoms with Crippen molar-refractivity contribution in [2.45, 2.75) is 13.0 Å². The van der Waals surface area contributed by atoms with Crippen molar-refractivity contribution in [3.63, 3.8) is 0 Å². The van der Waals surface area contributed by atoms with Crippen LogP contribution in [0.2, 0.25) is 0 Å². The van der Waals surface area contributed by atoms with Crippen LogP contribution >= 0.6 is 12.2 Å². The molecule has 2 nitrogen and oxygen atoms in total. The van der Waals surface area contributed by atoms with E-state index in [0.29, 0.717) is 5.56 Å². The van der Waals surface area contributed by atoms with Crippen LogP contribution in [0.5, 0.6) is 0 Å². The van der Waals surface area contributed by atoms with E-state index in [1.165, 1.54) is 4.57 Å². The number of nitrogens with zero attached hydrogens (tertiary/aromatic N) is 1. The third-order valence-corrected chi connectivity index (χ3v) is 2.63. The number of benzene rings is 1. The number of aromatic nitrogens is 1. The van der Waals surface area contributed by atoms with E-state index in [2.05, 4.69) is 0 Å². The van der Waals surface area contributed by atoms with E-state index < -0.39 is 6.43 Å². The fourth-order valence-corrected chi connectivity index (χ4v) is 1.77. The maximum absolute atomic E-state index is 12.3. The first-order valence-corrected chi connectivity index (χ1v) is 5.15. The fraction of sp³-hybridized carbons (Fsp3) is 0.182. The van der Waals surface area contributed by atoms with Crippen molar-refractivity contribution in [1.82, 2.24) is 4.57 Å². The van der Waals surface area contributed by atoms with E-state index in [-0.39, 0.29) is 11.5 Å². The summed E-state index contributed by atoms with van der Waals surface area (Å²) in [5.41, 5.74) is 6.92. The van der Waals surface area contributed by atoms with E-state index in [9.17, 15) is 8.78 Å². The minimum Gasteiger partial charge on any atom is -0.389 e. The van der Waals surface area contributed by atoms with E-state index >= 15 is 0 Å². The number of nitrogens with two attached hydrogens (primary N) is 1. The molecule has 1 aromatic heterocycles. The van der Waals surface area contributed by atoms with Crippen molar-refractivity contribution in [3.8, 4) is 0 Å². The molecular weight excluding hydrogens is 230 g/mol. The van der Waals surface area contributed by atoms with Gasteiger partial charge in [-0.15, -0.1) is 0 Å². The number of rotatable bonds is 3. The summed E-state index contributed by atoms with van der Waals surface area (Å²) in [7, 11) is 0. The van der Waals surface area contributed by atoms with Crippen molar-refractivity contribution < 1.29 is 8.78 Å². The van der Waals surface area contributed by atoms with Crippen molar-refractivity contribution >= 4 is 28.1 Å². The molecule has 2 rings (SSSR count). The lowest BCUT2D eigenvalue weighted by Crippen LogP contribution is -2.10. The number of fused-ring (bicyclic) bond motifs is 1. The van der Waals surface area contributed by atoms with Gasteiger partial charge in [0, 0.05) is 17.3 Å². The van der Waals surface area contributed by atoms with Crippen LogP contribution in [0.4, 0.5) is 8.78 Å². The quantitative estimate of drug-likeness (QED) is 0.836. The van der Waals surface area contributed by atoms with Gasteiger partial charge in [0.05, 0.1) is 6.54 Å². The van der Waals surface area contributed by atoms with Gasteiger partial charge in [-0.2, -0.15) is 0 Å². The second kappa shape index (κ2) is 4.17. The van der Waals surface area contributed by atoms with Gasteiger partial charge >= 0.3 is 0 Å². The third-order valence-electron chi connectivity index (χ3n) is 2.39. The number of hydrogen-bond donors (Lipinski definition) is 1. The first-order chi connectivity index (χ1) is 7.58. The fourth-order valence-electron chi connectivity index (χ4n) is 1.65. The van der Waals surface area contributed by atoms with Crippen molar-refractivity contribution in [2.75, 3.05) is 0 Å². The van der Waals surface area contributed by atoms with Gasteiger partial charge in [-0.05, 0) is 17.5 Å². The zero-order valence-electron chi connectivity index (χ0n) is 8.36. The molecule has 0 aliphatic heterocycles. The van der Waals surface area contributed by atoms with Crippen LogP contribution in [0.15, 0.2) is 30.5 Å². The molecular formula is C11H10F2N2S. The number of halogens is 2. The smallest absolute Gasteiger partial charge is 0.256 e. The van der Waals surface area contributed by atoms with Gasteiger partial charge in [0.2, 0.25) is 0 Å². The summed E-state index contributed by atoms with van der Waals surface area (Å²) in [5, 5.41) is 0.903. The lowest BCUT2D eigenvalue weighted by molar-refractivity contribution is 0.128. The van der Waals surface area contributed by atoms with Crippen LogP contribution < -0.4 is 5.73 Å². The Labute approximate surface area is 96.7 Å². The first kappa shape index (κ1) is 11.0. The second-order valence-electron chi connectivity index (χ2n) is 3.50. The number of hydrogen-bond acceptors (Lipinski definition) is 1. The molecule has 0 saturated heterocycles. The Kier molecular flexibility index (Phi) is 2.87. The van der Waals surface area contributed by atoms with Crippen LogP contribution in [0, 0.1) is 0 Å². The molecule has 0 amide bonds. The normalized spacial score (nSPS) is 11.2. The Morgan fingerprint density at radius 1 is 1.38 bits per heavy atom. The van der Waals surface area contributed by atoms with E-state index in [1.54, 1.807) is 24.4 Å². The predicted molar refractivity (Wildman–Crippen MR) is 63.8 cm³/mol. The largest absolute Gasteiger partial charge is 0.389 e. The van der Waals surface area contributed by atoms with Gasteiger partial charge in [-0.25, -0.2) is 8.78 Å². The maximum Gasteiger partial charge on any atom is 0.256 e. The predicted octanol–water partition coefficient (Wildman–Crippen LogP) is 2.54. The van der Waals surface area contributed by atoms with Gasteiger partial charge < -0.3 is 10.3 Å². The van der Waals surface area contributed by atoms with Gasteiger partial charge in [0.1, 0.15) is 4.99 Å².